The molecule has 0 spiro atoms. The topological polar surface area (TPSA) is 35.5 Å². The summed E-state index contributed by atoms with van der Waals surface area (Å²) in [7, 11) is 0. The van der Waals surface area contributed by atoms with Crippen LogP contribution in [0.15, 0.2) is 11.7 Å². The fourth-order valence-electron chi connectivity index (χ4n) is 4.05. The van der Waals surface area contributed by atoms with Crippen molar-refractivity contribution in [3.05, 3.63) is 11.7 Å². The third kappa shape index (κ3) is 7.05. The molecule has 8 heteroatoms. The normalized spacial score (nSPS) is 30.6. The second-order valence-electron chi connectivity index (χ2n) is 7.54. The van der Waals surface area contributed by atoms with Crippen LogP contribution in [0.25, 0.3) is 0 Å². The van der Waals surface area contributed by atoms with E-state index in [4.69, 9.17) is 4.74 Å². The summed E-state index contributed by atoms with van der Waals surface area (Å²) in [6.45, 7) is 2.09. The van der Waals surface area contributed by atoms with Crippen LogP contribution in [0.4, 0.5) is 22.0 Å². The number of halogens is 5. The van der Waals surface area contributed by atoms with Crippen molar-refractivity contribution in [1.82, 2.24) is 0 Å². The van der Waals surface area contributed by atoms with Crippen LogP contribution >= 0.6 is 0 Å². The van der Waals surface area contributed by atoms with E-state index < -0.39 is 42.1 Å². The number of esters is 1. The maximum absolute atomic E-state index is 14.3. The van der Waals surface area contributed by atoms with Crippen LogP contribution < -0.4 is 0 Å². The first-order valence-corrected chi connectivity index (χ1v) is 9.70. The van der Waals surface area contributed by atoms with Gasteiger partial charge in [-0.2, -0.15) is 4.39 Å². The highest BCUT2D eigenvalue weighted by Gasteiger charge is 2.36. The summed E-state index contributed by atoms with van der Waals surface area (Å²) in [6, 6.07) is 0. The van der Waals surface area contributed by atoms with E-state index in [0.29, 0.717) is 18.8 Å². The molecule has 2 saturated carbocycles. The Kier molecular flexibility index (Phi) is 8.06. The molecule has 0 aromatic rings. The third-order valence-electron chi connectivity index (χ3n) is 5.49. The van der Waals surface area contributed by atoms with Crippen LogP contribution in [-0.4, -0.2) is 24.5 Å². The average molecular weight is 398 g/mol. The SMILES string of the molecule is CCCC1CCC(/C(F)=C(\F)C(=O)OC2CCC(OC(F)(F)F)CC2)CC1. The summed E-state index contributed by atoms with van der Waals surface area (Å²) in [5.41, 5.74) is 0. The number of ether oxygens (including phenoxy) is 2. The standard InChI is InChI=1S/C19H27F5O3/c1-2-3-12-4-6-13(7-5-12)16(20)17(21)18(25)26-14-8-10-15(11-9-14)27-19(22,23)24/h12-15H,2-11H2,1H3/b17-16+. The lowest BCUT2D eigenvalue weighted by Gasteiger charge is -2.29. The Labute approximate surface area is 156 Å². The van der Waals surface area contributed by atoms with E-state index in [0.717, 1.165) is 25.7 Å². The minimum Gasteiger partial charge on any atom is -0.457 e. The maximum Gasteiger partial charge on any atom is 0.522 e. The first-order chi connectivity index (χ1) is 12.7. The lowest BCUT2D eigenvalue weighted by molar-refractivity contribution is -0.346. The molecule has 0 amide bonds. The van der Waals surface area contributed by atoms with Gasteiger partial charge in [0.05, 0.1) is 6.10 Å². The highest BCUT2D eigenvalue weighted by atomic mass is 19.4. The fourth-order valence-corrected chi connectivity index (χ4v) is 4.05. The molecular formula is C19H27F5O3. The number of alkyl halides is 3. The lowest BCUT2D eigenvalue weighted by Crippen LogP contribution is -2.32. The van der Waals surface area contributed by atoms with Gasteiger partial charge < -0.3 is 4.74 Å². The summed E-state index contributed by atoms with van der Waals surface area (Å²) in [5, 5.41) is 0. The molecule has 0 unspecified atom stereocenters. The zero-order chi connectivity index (χ0) is 20.0. The van der Waals surface area contributed by atoms with E-state index in [1.165, 1.54) is 0 Å². The lowest BCUT2D eigenvalue weighted by atomic mass is 9.79. The van der Waals surface area contributed by atoms with Crippen LogP contribution in [0.2, 0.25) is 0 Å². The van der Waals surface area contributed by atoms with Crippen molar-refractivity contribution >= 4 is 5.97 Å². The van der Waals surface area contributed by atoms with Crippen molar-refractivity contribution in [2.75, 3.05) is 0 Å². The monoisotopic (exact) mass is 398 g/mol. The van der Waals surface area contributed by atoms with Gasteiger partial charge in [0.25, 0.3) is 0 Å². The van der Waals surface area contributed by atoms with Gasteiger partial charge in [0, 0.05) is 5.92 Å². The van der Waals surface area contributed by atoms with E-state index in [-0.39, 0.29) is 25.7 Å². The molecule has 0 aliphatic heterocycles. The Balaban J connectivity index is 1.80. The molecule has 2 aliphatic rings. The van der Waals surface area contributed by atoms with Crippen LogP contribution in [0.1, 0.15) is 71.1 Å². The van der Waals surface area contributed by atoms with Crippen molar-refractivity contribution < 1.29 is 36.2 Å². The van der Waals surface area contributed by atoms with E-state index in [9.17, 15) is 26.7 Å². The van der Waals surface area contributed by atoms with Crippen molar-refractivity contribution in [3.63, 3.8) is 0 Å². The second kappa shape index (κ2) is 9.85. The van der Waals surface area contributed by atoms with Crippen LogP contribution in [0.5, 0.6) is 0 Å². The molecule has 0 atom stereocenters. The molecule has 2 aliphatic carbocycles. The number of hydrogen-bond donors (Lipinski definition) is 0. The van der Waals surface area contributed by atoms with Gasteiger partial charge in [-0.15, -0.1) is 13.2 Å². The molecule has 0 heterocycles. The molecule has 0 saturated heterocycles. The third-order valence-corrected chi connectivity index (χ3v) is 5.49. The number of carbonyl (C=O) groups excluding carboxylic acids is 1. The molecule has 156 valence electrons. The minimum atomic E-state index is -4.71. The minimum absolute atomic E-state index is 0.0483. The predicted octanol–water partition coefficient (Wildman–Crippen LogP) is 6.13. The molecular weight excluding hydrogens is 371 g/mol. The van der Waals surface area contributed by atoms with E-state index in [2.05, 4.69) is 11.7 Å². The van der Waals surface area contributed by atoms with Gasteiger partial charge in [0.15, 0.2) is 0 Å². The number of allylic oxidation sites excluding steroid dienone is 1. The predicted molar refractivity (Wildman–Crippen MR) is 88.9 cm³/mol. The van der Waals surface area contributed by atoms with Crippen LogP contribution in [0.3, 0.4) is 0 Å². The largest absolute Gasteiger partial charge is 0.522 e. The van der Waals surface area contributed by atoms with Crippen molar-refractivity contribution in [3.8, 4) is 0 Å². The Morgan fingerprint density at radius 1 is 0.926 bits per heavy atom. The highest BCUT2D eigenvalue weighted by Crippen LogP contribution is 2.37. The quantitative estimate of drug-likeness (QED) is 0.307. The number of carbonyl (C=O) groups is 1. The van der Waals surface area contributed by atoms with Gasteiger partial charge in [-0.1, -0.05) is 19.8 Å². The Morgan fingerprint density at radius 3 is 2.00 bits per heavy atom. The van der Waals surface area contributed by atoms with Gasteiger partial charge in [0.2, 0.25) is 5.83 Å². The first-order valence-electron chi connectivity index (χ1n) is 9.70. The van der Waals surface area contributed by atoms with Gasteiger partial charge >= 0.3 is 12.3 Å². The summed E-state index contributed by atoms with van der Waals surface area (Å²) < 4.78 is 73.9. The zero-order valence-corrected chi connectivity index (χ0v) is 15.5. The second-order valence-corrected chi connectivity index (χ2v) is 7.54. The van der Waals surface area contributed by atoms with Crippen molar-refractivity contribution in [1.29, 1.82) is 0 Å². The van der Waals surface area contributed by atoms with Gasteiger partial charge in [-0.05, 0) is 57.3 Å². The highest BCUT2D eigenvalue weighted by molar-refractivity contribution is 5.86. The van der Waals surface area contributed by atoms with Crippen molar-refractivity contribution in [2.24, 2.45) is 11.8 Å². The fraction of sp³-hybridized carbons (Fsp3) is 0.842. The van der Waals surface area contributed by atoms with Gasteiger partial charge in [-0.3, -0.25) is 4.74 Å². The summed E-state index contributed by atoms with van der Waals surface area (Å²) in [5.74, 6) is -3.97. The smallest absolute Gasteiger partial charge is 0.457 e. The molecule has 0 bridgehead atoms. The van der Waals surface area contributed by atoms with Gasteiger partial charge in [0.1, 0.15) is 11.9 Å². The summed E-state index contributed by atoms with van der Waals surface area (Å²) in [4.78, 5) is 11.9. The Morgan fingerprint density at radius 2 is 1.48 bits per heavy atom. The first kappa shape index (κ1) is 22.1. The molecule has 2 fully saturated rings. The Bertz CT molecular complexity index is 516. The number of rotatable bonds is 6. The molecule has 0 N–H and O–H groups in total. The van der Waals surface area contributed by atoms with Crippen molar-refractivity contribution in [2.45, 2.75) is 89.7 Å². The van der Waals surface area contributed by atoms with E-state index in [1.54, 1.807) is 0 Å². The summed E-state index contributed by atoms with van der Waals surface area (Å²) >= 11 is 0. The molecule has 0 radical (unpaired) electrons. The van der Waals surface area contributed by atoms with E-state index in [1.807, 2.05) is 0 Å². The molecule has 0 aromatic heterocycles. The van der Waals surface area contributed by atoms with Crippen LogP contribution in [0, 0.1) is 11.8 Å². The summed E-state index contributed by atoms with van der Waals surface area (Å²) in [6.07, 6.45) is -1.27. The zero-order valence-electron chi connectivity index (χ0n) is 15.5. The average Bonchev–Trinajstić information content (AvgIpc) is 2.62. The molecule has 0 aromatic carbocycles. The Hall–Kier alpha value is -1.18. The maximum atomic E-state index is 14.3. The number of hydrogen-bond acceptors (Lipinski definition) is 3. The molecule has 2 rings (SSSR count). The molecule has 27 heavy (non-hydrogen) atoms. The van der Waals surface area contributed by atoms with Crippen LogP contribution in [-0.2, 0) is 14.3 Å². The molecule has 3 nitrogen and oxygen atoms in total. The van der Waals surface area contributed by atoms with E-state index >= 15 is 0 Å². The van der Waals surface area contributed by atoms with Gasteiger partial charge in [-0.25, -0.2) is 9.18 Å².